The zero-order valence-electron chi connectivity index (χ0n) is 14.9. The van der Waals surface area contributed by atoms with Gasteiger partial charge in [-0.15, -0.1) is 0 Å². The Kier molecular flexibility index (Phi) is 6.10. The summed E-state index contributed by atoms with van der Waals surface area (Å²) < 4.78 is 33.6. The van der Waals surface area contributed by atoms with Gasteiger partial charge in [0, 0.05) is 18.0 Å². The lowest BCUT2D eigenvalue weighted by Gasteiger charge is -2.27. The summed E-state index contributed by atoms with van der Waals surface area (Å²) in [6, 6.07) is 11.9. The molecule has 0 radical (unpaired) electrons. The molecule has 1 aliphatic heterocycles. The van der Waals surface area contributed by atoms with Crippen molar-refractivity contribution in [3.63, 3.8) is 0 Å². The molecule has 7 nitrogen and oxygen atoms in total. The molecule has 0 saturated heterocycles. The number of esters is 1. The van der Waals surface area contributed by atoms with Crippen LogP contribution < -0.4 is 0 Å². The summed E-state index contributed by atoms with van der Waals surface area (Å²) in [4.78, 5) is 25.9. The molecule has 0 bridgehead atoms. The first-order valence-electron chi connectivity index (χ1n) is 8.56. The van der Waals surface area contributed by atoms with Gasteiger partial charge in [-0.3, -0.25) is 4.79 Å². The number of rotatable bonds is 7. The third-order valence-corrected chi connectivity index (χ3v) is 5.47. The number of furan rings is 1. The zero-order chi connectivity index (χ0) is 20.0. The van der Waals surface area contributed by atoms with Gasteiger partial charge in [0.25, 0.3) is 5.91 Å². The van der Waals surface area contributed by atoms with Crippen molar-refractivity contribution in [3.05, 3.63) is 77.6 Å². The van der Waals surface area contributed by atoms with Gasteiger partial charge in [0.15, 0.2) is 16.4 Å². The highest BCUT2D eigenvalue weighted by molar-refractivity contribution is 7.94. The van der Waals surface area contributed by atoms with Crippen molar-refractivity contribution in [3.8, 4) is 0 Å². The van der Waals surface area contributed by atoms with Gasteiger partial charge in [-0.05, 0) is 29.8 Å². The van der Waals surface area contributed by atoms with Crippen molar-refractivity contribution >= 4 is 27.8 Å². The Morgan fingerprint density at radius 2 is 1.96 bits per heavy atom. The standard InChI is InChI=1S/C20H19NO6S/c22-19(14-27-20(23)9-8-18-7-4-11-26-18)21(13-16-5-2-1-3-6-16)17-10-12-28(24,25)15-17/h1-12,17H,13-15H2/b9-8+/t17-/m0/s1. The molecule has 0 saturated carbocycles. The van der Waals surface area contributed by atoms with Crippen molar-refractivity contribution in [1.82, 2.24) is 4.90 Å². The second-order valence-corrected chi connectivity index (χ2v) is 8.12. The lowest BCUT2D eigenvalue weighted by Crippen LogP contribution is -2.42. The molecule has 1 aromatic carbocycles. The van der Waals surface area contributed by atoms with Gasteiger partial charge in [0.1, 0.15) is 5.76 Å². The second kappa shape index (κ2) is 8.71. The molecule has 2 heterocycles. The highest BCUT2D eigenvalue weighted by Gasteiger charge is 2.30. The number of benzene rings is 1. The number of carbonyl (C=O) groups is 2. The van der Waals surface area contributed by atoms with E-state index in [0.29, 0.717) is 5.76 Å². The predicted octanol–water partition coefficient (Wildman–Crippen LogP) is 2.18. The first kappa shape index (κ1) is 19.6. The Morgan fingerprint density at radius 1 is 1.18 bits per heavy atom. The quantitative estimate of drug-likeness (QED) is 0.521. The topological polar surface area (TPSA) is 93.9 Å². The molecule has 0 fully saturated rings. The van der Waals surface area contributed by atoms with Gasteiger partial charge in [-0.2, -0.15) is 0 Å². The van der Waals surface area contributed by atoms with Crippen molar-refractivity contribution in [2.24, 2.45) is 0 Å². The number of carbonyl (C=O) groups excluding carboxylic acids is 2. The minimum atomic E-state index is -3.34. The lowest BCUT2D eigenvalue weighted by molar-refractivity contribution is -0.149. The third kappa shape index (κ3) is 5.43. The molecule has 0 N–H and O–H groups in total. The number of ether oxygens (including phenoxy) is 1. The van der Waals surface area contributed by atoms with Crippen molar-refractivity contribution in [2.75, 3.05) is 12.4 Å². The van der Waals surface area contributed by atoms with Crippen LogP contribution in [0.2, 0.25) is 0 Å². The van der Waals surface area contributed by atoms with Crippen LogP contribution in [-0.2, 0) is 30.7 Å². The molecule has 1 aliphatic rings. The Labute approximate surface area is 162 Å². The smallest absolute Gasteiger partial charge is 0.331 e. The molecule has 146 valence electrons. The van der Waals surface area contributed by atoms with Crippen LogP contribution in [0.4, 0.5) is 0 Å². The van der Waals surface area contributed by atoms with Crippen molar-refractivity contribution < 1.29 is 27.2 Å². The monoisotopic (exact) mass is 401 g/mol. The van der Waals surface area contributed by atoms with E-state index in [-0.39, 0.29) is 12.3 Å². The van der Waals surface area contributed by atoms with Crippen LogP contribution in [0.15, 0.2) is 70.7 Å². The van der Waals surface area contributed by atoms with E-state index in [4.69, 9.17) is 9.15 Å². The zero-order valence-corrected chi connectivity index (χ0v) is 15.7. The maximum absolute atomic E-state index is 12.7. The number of hydrogen-bond acceptors (Lipinski definition) is 6. The molecule has 1 aromatic heterocycles. The first-order valence-corrected chi connectivity index (χ1v) is 10.3. The molecule has 2 aromatic rings. The van der Waals surface area contributed by atoms with Gasteiger partial charge in [-0.25, -0.2) is 13.2 Å². The normalized spacial score (nSPS) is 17.6. The van der Waals surface area contributed by atoms with E-state index >= 15 is 0 Å². The first-order chi connectivity index (χ1) is 13.4. The van der Waals surface area contributed by atoms with Crippen LogP contribution in [0.5, 0.6) is 0 Å². The largest absolute Gasteiger partial charge is 0.465 e. The van der Waals surface area contributed by atoms with Crippen LogP contribution >= 0.6 is 0 Å². The Balaban J connectivity index is 1.64. The average Bonchev–Trinajstić information content (AvgIpc) is 3.32. The average molecular weight is 401 g/mol. The Morgan fingerprint density at radius 3 is 2.61 bits per heavy atom. The van der Waals surface area contributed by atoms with Gasteiger partial charge >= 0.3 is 5.97 Å². The van der Waals surface area contributed by atoms with E-state index in [1.54, 1.807) is 12.1 Å². The number of sulfone groups is 1. The minimum absolute atomic E-state index is 0.183. The summed E-state index contributed by atoms with van der Waals surface area (Å²) in [7, 11) is -3.34. The number of nitrogens with zero attached hydrogens (tertiary/aromatic N) is 1. The Hall–Kier alpha value is -3.13. The second-order valence-electron chi connectivity index (χ2n) is 6.19. The highest BCUT2D eigenvalue weighted by atomic mass is 32.2. The molecule has 8 heteroatoms. The third-order valence-electron chi connectivity index (χ3n) is 4.09. The fraction of sp³-hybridized carbons (Fsp3) is 0.200. The molecule has 0 unspecified atom stereocenters. The molecule has 3 rings (SSSR count). The van der Waals surface area contributed by atoms with E-state index in [1.807, 2.05) is 30.3 Å². The van der Waals surface area contributed by atoms with E-state index in [0.717, 1.165) is 17.0 Å². The van der Waals surface area contributed by atoms with E-state index in [2.05, 4.69) is 0 Å². The maximum Gasteiger partial charge on any atom is 0.331 e. The molecule has 1 amide bonds. The van der Waals surface area contributed by atoms with Gasteiger partial charge < -0.3 is 14.1 Å². The van der Waals surface area contributed by atoms with Crippen LogP contribution in [0.3, 0.4) is 0 Å². The number of hydrogen-bond donors (Lipinski definition) is 0. The van der Waals surface area contributed by atoms with Gasteiger partial charge in [0.05, 0.1) is 18.1 Å². The van der Waals surface area contributed by atoms with Gasteiger partial charge in [0.2, 0.25) is 0 Å². The fourth-order valence-corrected chi connectivity index (χ4v) is 4.02. The minimum Gasteiger partial charge on any atom is -0.465 e. The molecule has 0 spiro atoms. The fourth-order valence-electron chi connectivity index (χ4n) is 2.72. The summed E-state index contributed by atoms with van der Waals surface area (Å²) in [5.41, 5.74) is 0.845. The van der Waals surface area contributed by atoms with Crippen LogP contribution in [-0.4, -0.2) is 43.6 Å². The summed E-state index contributed by atoms with van der Waals surface area (Å²) in [5, 5.41) is 1.11. The lowest BCUT2D eigenvalue weighted by atomic mass is 10.2. The van der Waals surface area contributed by atoms with E-state index in [1.165, 1.54) is 23.3 Å². The van der Waals surface area contributed by atoms with Crippen LogP contribution in [0.25, 0.3) is 6.08 Å². The van der Waals surface area contributed by atoms with E-state index in [9.17, 15) is 18.0 Å². The molecular formula is C20H19NO6S. The maximum atomic E-state index is 12.7. The summed E-state index contributed by atoms with van der Waals surface area (Å²) >= 11 is 0. The molecular weight excluding hydrogens is 382 g/mol. The predicted molar refractivity (Wildman–Crippen MR) is 102 cm³/mol. The van der Waals surface area contributed by atoms with Crippen molar-refractivity contribution in [2.45, 2.75) is 12.6 Å². The Bertz CT molecular complexity index is 977. The number of amides is 1. The summed E-state index contributed by atoms with van der Waals surface area (Å²) in [6.45, 7) is -0.275. The molecule has 1 atom stereocenters. The molecule has 28 heavy (non-hydrogen) atoms. The molecule has 0 aliphatic carbocycles. The van der Waals surface area contributed by atoms with Crippen molar-refractivity contribution in [1.29, 1.82) is 0 Å². The summed E-state index contributed by atoms with van der Waals surface area (Å²) in [5.74, 6) is -0.873. The highest BCUT2D eigenvalue weighted by Crippen LogP contribution is 2.18. The van der Waals surface area contributed by atoms with Crippen LogP contribution in [0.1, 0.15) is 11.3 Å². The van der Waals surface area contributed by atoms with Crippen LogP contribution in [0, 0.1) is 0 Å². The van der Waals surface area contributed by atoms with E-state index < -0.39 is 34.4 Å². The summed E-state index contributed by atoms with van der Waals surface area (Å²) in [6.07, 6.45) is 5.54. The van der Waals surface area contributed by atoms with Gasteiger partial charge in [-0.1, -0.05) is 30.3 Å². The SMILES string of the molecule is O=C(/C=C/c1ccco1)OCC(=O)N(Cc1ccccc1)[C@H]1C=CS(=O)(=O)C1.